The van der Waals surface area contributed by atoms with Gasteiger partial charge >= 0.3 is 12.0 Å². The van der Waals surface area contributed by atoms with Gasteiger partial charge in [-0.1, -0.05) is 60.7 Å². The molecule has 3 aromatic rings. The smallest absolute Gasteiger partial charge is 0.357 e. The lowest BCUT2D eigenvalue weighted by Crippen LogP contribution is -2.41. The van der Waals surface area contributed by atoms with Crippen LogP contribution in [0.5, 0.6) is 0 Å². The van der Waals surface area contributed by atoms with Crippen LogP contribution in [0, 0.1) is 0 Å². The van der Waals surface area contributed by atoms with Crippen LogP contribution in [0.1, 0.15) is 33.7 Å². The molecule has 4 rings (SSSR count). The van der Waals surface area contributed by atoms with Gasteiger partial charge in [-0.15, -0.1) is 11.3 Å². The van der Waals surface area contributed by atoms with Crippen molar-refractivity contribution in [2.75, 3.05) is 12.4 Å². The normalized spacial score (nSPS) is 16.4. The van der Waals surface area contributed by atoms with Crippen LogP contribution in [0.3, 0.4) is 0 Å². The highest BCUT2D eigenvalue weighted by atomic mass is 32.1. The molecule has 0 saturated carbocycles. The largest absolute Gasteiger partial charge is 0.464 e. The van der Waals surface area contributed by atoms with Crippen LogP contribution in [0.2, 0.25) is 0 Å². The number of esters is 1. The third kappa shape index (κ3) is 4.08. The van der Waals surface area contributed by atoms with Gasteiger partial charge in [0.1, 0.15) is 12.1 Å². The second-order valence-corrected chi connectivity index (χ2v) is 7.69. The number of carbonyl (C=O) groups excluding carboxylic acids is 4. The lowest BCUT2D eigenvalue weighted by Gasteiger charge is -2.24. The topological polar surface area (TPSA) is 118 Å². The highest BCUT2D eigenvalue weighted by molar-refractivity contribution is 7.14. The Morgan fingerprint density at radius 2 is 1.75 bits per heavy atom. The Morgan fingerprint density at radius 1 is 1.09 bits per heavy atom. The third-order valence-corrected chi connectivity index (χ3v) is 5.61. The number of aromatic nitrogens is 1. The SMILES string of the molecule is COC(=O)c1csc(NC(=O)C(c2ccccc2)N2C(=O)N[C@@H](c3ccccc3)C2=O)n1. The highest BCUT2D eigenvalue weighted by Gasteiger charge is 2.46. The predicted octanol–water partition coefficient (Wildman–Crippen LogP) is 2.90. The van der Waals surface area contributed by atoms with E-state index in [1.54, 1.807) is 60.7 Å². The van der Waals surface area contributed by atoms with Gasteiger partial charge in [-0.25, -0.2) is 19.5 Å². The van der Waals surface area contributed by atoms with E-state index in [9.17, 15) is 19.2 Å². The number of hydrogen-bond acceptors (Lipinski definition) is 7. The number of thiazole rings is 1. The molecular weight excluding hydrogens is 432 g/mol. The van der Waals surface area contributed by atoms with Gasteiger partial charge in [0, 0.05) is 5.38 Å². The Kier molecular flexibility index (Phi) is 5.95. The molecular formula is C22H18N4O5S. The fourth-order valence-corrected chi connectivity index (χ4v) is 4.05. The molecule has 0 spiro atoms. The van der Waals surface area contributed by atoms with E-state index < -0.39 is 35.9 Å². The molecule has 1 aromatic heterocycles. The molecule has 9 nitrogen and oxygen atoms in total. The molecule has 32 heavy (non-hydrogen) atoms. The number of imide groups is 1. The van der Waals surface area contributed by atoms with E-state index in [-0.39, 0.29) is 10.8 Å². The van der Waals surface area contributed by atoms with Crippen LogP contribution < -0.4 is 10.6 Å². The Bertz CT molecular complexity index is 1170. The maximum Gasteiger partial charge on any atom is 0.357 e. The van der Waals surface area contributed by atoms with Crippen LogP contribution in [-0.4, -0.2) is 40.8 Å². The van der Waals surface area contributed by atoms with Crippen molar-refractivity contribution in [3.8, 4) is 0 Å². The van der Waals surface area contributed by atoms with Gasteiger partial charge in [0.25, 0.3) is 11.8 Å². The number of urea groups is 1. The van der Waals surface area contributed by atoms with Crippen molar-refractivity contribution in [2.45, 2.75) is 12.1 Å². The average Bonchev–Trinajstić information content (AvgIpc) is 3.40. The van der Waals surface area contributed by atoms with Gasteiger partial charge in [-0.05, 0) is 11.1 Å². The monoisotopic (exact) mass is 450 g/mol. The first-order chi connectivity index (χ1) is 15.5. The fraction of sp³-hybridized carbons (Fsp3) is 0.136. The number of ether oxygens (including phenoxy) is 1. The number of carbonyl (C=O) groups is 4. The Hall–Kier alpha value is -4.05. The number of rotatable bonds is 6. The quantitative estimate of drug-likeness (QED) is 0.440. The van der Waals surface area contributed by atoms with Gasteiger partial charge in [-0.2, -0.15) is 0 Å². The fourth-order valence-electron chi connectivity index (χ4n) is 3.37. The maximum atomic E-state index is 13.2. The molecule has 1 fully saturated rings. The Labute approximate surface area is 187 Å². The molecule has 1 aliphatic rings. The summed E-state index contributed by atoms with van der Waals surface area (Å²) in [7, 11) is 1.23. The number of amides is 4. The maximum absolute atomic E-state index is 13.2. The van der Waals surface area contributed by atoms with Crippen molar-refractivity contribution in [2.24, 2.45) is 0 Å². The average molecular weight is 450 g/mol. The van der Waals surface area contributed by atoms with Crippen LogP contribution in [0.4, 0.5) is 9.93 Å². The number of methoxy groups -OCH3 is 1. The van der Waals surface area contributed by atoms with E-state index in [1.165, 1.54) is 12.5 Å². The first-order valence-corrected chi connectivity index (χ1v) is 10.5. The zero-order valence-corrected chi connectivity index (χ0v) is 17.7. The van der Waals surface area contributed by atoms with Crippen molar-refractivity contribution in [3.63, 3.8) is 0 Å². The van der Waals surface area contributed by atoms with Crippen LogP contribution in [0.15, 0.2) is 66.0 Å². The summed E-state index contributed by atoms with van der Waals surface area (Å²) in [5.74, 6) is -1.82. The highest BCUT2D eigenvalue weighted by Crippen LogP contribution is 2.31. The summed E-state index contributed by atoms with van der Waals surface area (Å²) in [4.78, 5) is 55.9. The van der Waals surface area contributed by atoms with Gasteiger partial charge in [0.15, 0.2) is 10.8 Å². The molecule has 2 aromatic carbocycles. The molecule has 4 amide bonds. The van der Waals surface area contributed by atoms with E-state index in [0.29, 0.717) is 11.1 Å². The molecule has 1 saturated heterocycles. The van der Waals surface area contributed by atoms with Crippen LogP contribution >= 0.6 is 11.3 Å². The second kappa shape index (κ2) is 8.98. The van der Waals surface area contributed by atoms with Crippen molar-refractivity contribution in [1.82, 2.24) is 15.2 Å². The standard InChI is InChI=1S/C22H18N4O5S/c1-31-20(29)15-12-32-21(23-15)25-18(27)17(14-10-6-3-7-11-14)26-19(28)16(24-22(26)30)13-8-4-2-5-9-13/h2-12,16-17H,1H3,(H,24,30)(H,23,25,27)/t16-,17?/m0/s1. The minimum absolute atomic E-state index is 0.0446. The molecule has 1 aliphatic heterocycles. The number of benzene rings is 2. The van der Waals surface area contributed by atoms with Crippen molar-refractivity contribution in [1.29, 1.82) is 0 Å². The van der Waals surface area contributed by atoms with E-state index in [0.717, 1.165) is 16.2 Å². The number of hydrogen-bond donors (Lipinski definition) is 2. The number of nitrogens with one attached hydrogen (secondary N) is 2. The lowest BCUT2D eigenvalue weighted by atomic mass is 10.0. The van der Waals surface area contributed by atoms with Crippen LogP contribution in [-0.2, 0) is 14.3 Å². The van der Waals surface area contributed by atoms with Gasteiger partial charge in [0.05, 0.1) is 7.11 Å². The Morgan fingerprint density at radius 3 is 2.41 bits per heavy atom. The van der Waals surface area contributed by atoms with Gasteiger partial charge in [-0.3, -0.25) is 14.9 Å². The summed E-state index contributed by atoms with van der Waals surface area (Å²) in [6, 6.07) is 14.5. The summed E-state index contributed by atoms with van der Waals surface area (Å²) in [6.45, 7) is 0. The minimum Gasteiger partial charge on any atom is -0.464 e. The van der Waals surface area contributed by atoms with Gasteiger partial charge in [0.2, 0.25) is 0 Å². The summed E-state index contributed by atoms with van der Waals surface area (Å²) in [6.07, 6.45) is 0. The summed E-state index contributed by atoms with van der Waals surface area (Å²) in [5.41, 5.74) is 1.11. The Balaban J connectivity index is 1.65. The van der Waals surface area contributed by atoms with Gasteiger partial charge < -0.3 is 10.1 Å². The molecule has 2 N–H and O–H groups in total. The summed E-state index contributed by atoms with van der Waals surface area (Å²) < 4.78 is 4.62. The molecule has 2 atom stereocenters. The van der Waals surface area contributed by atoms with E-state index >= 15 is 0 Å². The van der Waals surface area contributed by atoms with E-state index in [4.69, 9.17) is 0 Å². The van der Waals surface area contributed by atoms with E-state index in [1.807, 2.05) is 0 Å². The zero-order valence-electron chi connectivity index (χ0n) is 16.8. The summed E-state index contributed by atoms with van der Waals surface area (Å²) >= 11 is 1.03. The van der Waals surface area contributed by atoms with Crippen molar-refractivity contribution < 1.29 is 23.9 Å². The first-order valence-electron chi connectivity index (χ1n) is 9.57. The molecule has 10 heteroatoms. The molecule has 2 heterocycles. The molecule has 1 unspecified atom stereocenters. The second-order valence-electron chi connectivity index (χ2n) is 6.83. The zero-order chi connectivity index (χ0) is 22.7. The molecule has 0 bridgehead atoms. The summed E-state index contributed by atoms with van der Waals surface area (Å²) in [5, 5.41) is 6.83. The molecule has 0 radical (unpaired) electrons. The predicted molar refractivity (Wildman–Crippen MR) is 116 cm³/mol. The van der Waals surface area contributed by atoms with Crippen molar-refractivity contribution in [3.05, 3.63) is 82.9 Å². The third-order valence-electron chi connectivity index (χ3n) is 4.85. The van der Waals surface area contributed by atoms with Crippen LogP contribution in [0.25, 0.3) is 0 Å². The molecule has 0 aliphatic carbocycles. The van der Waals surface area contributed by atoms with Crippen molar-refractivity contribution >= 4 is 40.3 Å². The minimum atomic E-state index is -1.23. The number of nitrogens with zero attached hydrogens (tertiary/aromatic N) is 2. The first kappa shape index (κ1) is 21.2. The van der Waals surface area contributed by atoms with E-state index in [2.05, 4.69) is 20.4 Å². The molecule has 162 valence electrons. The number of anilines is 1. The lowest BCUT2D eigenvalue weighted by molar-refractivity contribution is -0.134.